The smallest absolute Gasteiger partial charge is 0.238 e. The molecule has 0 aliphatic rings. The predicted molar refractivity (Wildman–Crippen MR) is 69.2 cm³/mol. The number of hydrogen-bond acceptors (Lipinski definition) is 5. The summed E-state index contributed by atoms with van der Waals surface area (Å²) in [5.41, 5.74) is 0.678. The van der Waals surface area contributed by atoms with Gasteiger partial charge in [-0.25, -0.2) is 26.7 Å². The average Bonchev–Trinajstić information content (AvgIpc) is 2.22. The van der Waals surface area contributed by atoms with Gasteiger partial charge < -0.3 is 5.32 Å². The first-order chi connectivity index (χ1) is 8.18. The van der Waals surface area contributed by atoms with Crippen molar-refractivity contribution in [1.29, 1.82) is 0 Å². The van der Waals surface area contributed by atoms with E-state index in [0.717, 1.165) is 6.26 Å². The van der Waals surface area contributed by atoms with Crippen LogP contribution in [0.5, 0.6) is 0 Å². The number of anilines is 1. The SMILES string of the molecule is CS(=O)(=O)NCCNc1ccc(S(N)(=O)=O)cc1. The first-order valence-corrected chi connectivity index (χ1v) is 8.44. The minimum atomic E-state index is -3.68. The van der Waals surface area contributed by atoms with Gasteiger partial charge in [0.25, 0.3) is 0 Å². The highest BCUT2D eigenvalue weighted by Gasteiger charge is 2.06. The van der Waals surface area contributed by atoms with Crippen LogP contribution in [0, 0.1) is 0 Å². The summed E-state index contributed by atoms with van der Waals surface area (Å²) in [5.74, 6) is 0. The van der Waals surface area contributed by atoms with Crippen LogP contribution in [0.25, 0.3) is 0 Å². The molecule has 4 N–H and O–H groups in total. The second kappa shape index (κ2) is 5.65. The van der Waals surface area contributed by atoms with Crippen LogP contribution in [0.2, 0.25) is 0 Å². The van der Waals surface area contributed by atoms with E-state index >= 15 is 0 Å². The normalized spacial score (nSPS) is 12.3. The summed E-state index contributed by atoms with van der Waals surface area (Å²) in [4.78, 5) is 0.0299. The number of primary sulfonamides is 1. The van der Waals surface area contributed by atoms with E-state index < -0.39 is 20.0 Å². The lowest BCUT2D eigenvalue weighted by Crippen LogP contribution is -2.27. The van der Waals surface area contributed by atoms with Crippen molar-refractivity contribution in [2.45, 2.75) is 4.90 Å². The van der Waals surface area contributed by atoms with Crippen LogP contribution in [-0.2, 0) is 20.0 Å². The lowest BCUT2D eigenvalue weighted by Gasteiger charge is -2.07. The molecule has 0 radical (unpaired) electrons. The Morgan fingerprint density at radius 1 is 1.06 bits per heavy atom. The molecule has 1 rings (SSSR count). The number of nitrogens with two attached hydrogens (primary N) is 1. The van der Waals surface area contributed by atoms with Gasteiger partial charge >= 0.3 is 0 Å². The Morgan fingerprint density at radius 2 is 1.61 bits per heavy atom. The van der Waals surface area contributed by atoms with Gasteiger partial charge in [0, 0.05) is 18.8 Å². The molecule has 0 amide bonds. The maximum absolute atomic E-state index is 11.0. The molecule has 0 aromatic heterocycles. The van der Waals surface area contributed by atoms with Crippen LogP contribution in [0.15, 0.2) is 29.2 Å². The van der Waals surface area contributed by atoms with Crippen molar-refractivity contribution in [1.82, 2.24) is 4.72 Å². The summed E-state index contributed by atoms with van der Waals surface area (Å²) < 4.78 is 45.9. The zero-order chi connectivity index (χ0) is 13.8. The van der Waals surface area contributed by atoms with E-state index in [1.165, 1.54) is 12.1 Å². The van der Waals surface area contributed by atoms with E-state index in [2.05, 4.69) is 10.0 Å². The van der Waals surface area contributed by atoms with Crippen LogP contribution < -0.4 is 15.2 Å². The van der Waals surface area contributed by atoms with Crippen LogP contribution in [0.3, 0.4) is 0 Å². The number of nitrogens with one attached hydrogen (secondary N) is 2. The lowest BCUT2D eigenvalue weighted by atomic mass is 10.3. The molecule has 7 nitrogen and oxygen atoms in total. The van der Waals surface area contributed by atoms with Gasteiger partial charge in [-0.3, -0.25) is 0 Å². The Hall–Kier alpha value is -1.16. The largest absolute Gasteiger partial charge is 0.384 e. The summed E-state index contributed by atoms with van der Waals surface area (Å²) in [6.45, 7) is 0.636. The summed E-state index contributed by atoms with van der Waals surface area (Å²) in [7, 11) is -6.87. The summed E-state index contributed by atoms with van der Waals surface area (Å²) in [6, 6.07) is 5.86. The standard InChI is InChI=1S/C9H15N3O4S2/c1-17(13,14)12-7-6-11-8-2-4-9(5-3-8)18(10,15)16/h2-5,11-12H,6-7H2,1H3,(H2,10,15,16). The van der Waals surface area contributed by atoms with Gasteiger partial charge in [0.15, 0.2) is 0 Å². The zero-order valence-electron chi connectivity index (χ0n) is 9.75. The number of benzene rings is 1. The average molecular weight is 293 g/mol. The maximum Gasteiger partial charge on any atom is 0.238 e. The third-order valence-electron chi connectivity index (χ3n) is 2.00. The molecule has 0 aliphatic heterocycles. The Kier molecular flexibility index (Phi) is 4.68. The van der Waals surface area contributed by atoms with E-state index in [-0.39, 0.29) is 11.4 Å². The number of sulfonamides is 2. The van der Waals surface area contributed by atoms with Crippen LogP contribution in [0.4, 0.5) is 5.69 Å². The van der Waals surface area contributed by atoms with Crippen LogP contribution in [-0.4, -0.2) is 36.2 Å². The van der Waals surface area contributed by atoms with Crippen molar-refractivity contribution in [3.63, 3.8) is 0 Å². The van der Waals surface area contributed by atoms with E-state index in [1.807, 2.05) is 0 Å². The van der Waals surface area contributed by atoms with E-state index in [9.17, 15) is 16.8 Å². The van der Waals surface area contributed by atoms with Gasteiger partial charge in [-0.1, -0.05) is 0 Å². The van der Waals surface area contributed by atoms with Crippen molar-refractivity contribution >= 4 is 25.7 Å². The van der Waals surface area contributed by atoms with Gasteiger partial charge in [-0.15, -0.1) is 0 Å². The third-order valence-corrected chi connectivity index (χ3v) is 3.66. The van der Waals surface area contributed by atoms with Gasteiger partial charge in [0.2, 0.25) is 20.0 Å². The van der Waals surface area contributed by atoms with Crippen molar-refractivity contribution in [2.24, 2.45) is 5.14 Å². The molecule has 1 aromatic carbocycles. The number of rotatable bonds is 6. The topological polar surface area (TPSA) is 118 Å². The fourth-order valence-electron chi connectivity index (χ4n) is 1.21. The fourth-order valence-corrected chi connectivity index (χ4v) is 2.19. The van der Waals surface area contributed by atoms with Gasteiger partial charge in [-0.05, 0) is 24.3 Å². The molecule has 0 aliphatic carbocycles. The van der Waals surface area contributed by atoms with Crippen LogP contribution >= 0.6 is 0 Å². The summed E-state index contributed by atoms with van der Waals surface area (Å²) in [6.07, 6.45) is 1.08. The Bertz CT molecular complexity index is 593. The van der Waals surface area contributed by atoms with Crippen molar-refractivity contribution < 1.29 is 16.8 Å². The quantitative estimate of drug-likeness (QED) is 0.599. The first-order valence-electron chi connectivity index (χ1n) is 5.00. The molecule has 0 atom stereocenters. The molecule has 9 heteroatoms. The van der Waals surface area contributed by atoms with E-state index in [1.54, 1.807) is 12.1 Å². The molecule has 0 saturated carbocycles. The first kappa shape index (κ1) is 14.9. The fraction of sp³-hybridized carbons (Fsp3) is 0.333. The molecule has 0 heterocycles. The lowest BCUT2D eigenvalue weighted by molar-refractivity contribution is 0.588. The zero-order valence-corrected chi connectivity index (χ0v) is 11.4. The van der Waals surface area contributed by atoms with Crippen LogP contribution in [0.1, 0.15) is 0 Å². The molecule has 0 unspecified atom stereocenters. The van der Waals surface area contributed by atoms with Gasteiger partial charge in [-0.2, -0.15) is 0 Å². The highest BCUT2D eigenvalue weighted by Crippen LogP contribution is 2.12. The third kappa shape index (κ3) is 5.45. The monoisotopic (exact) mass is 293 g/mol. The molecule has 102 valence electrons. The molecule has 0 fully saturated rings. The molecule has 0 spiro atoms. The van der Waals surface area contributed by atoms with Gasteiger partial charge in [0.05, 0.1) is 11.2 Å². The molecule has 1 aromatic rings. The summed E-state index contributed by atoms with van der Waals surface area (Å²) >= 11 is 0. The molecule has 0 bridgehead atoms. The van der Waals surface area contributed by atoms with E-state index in [0.29, 0.717) is 12.2 Å². The second-order valence-corrected chi connectivity index (χ2v) is 7.06. The highest BCUT2D eigenvalue weighted by molar-refractivity contribution is 7.89. The van der Waals surface area contributed by atoms with Gasteiger partial charge in [0.1, 0.15) is 0 Å². The minimum absolute atomic E-state index is 0.0299. The Balaban J connectivity index is 2.50. The van der Waals surface area contributed by atoms with E-state index in [4.69, 9.17) is 5.14 Å². The van der Waals surface area contributed by atoms with Crippen molar-refractivity contribution in [3.8, 4) is 0 Å². The molecular weight excluding hydrogens is 278 g/mol. The minimum Gasteiger partial charge on any atom is -0.384 e. The second-order valence-electron chi connectivity index (χ2n) is 3.66. The Morgan fingerprint density at radius 3 is 2.06 bits per heavy atom. The maximum atomic E-state index is 11.0. The highest BCUT2D eigenvalue weighted by atomic mass is 32.2. The molecule has 18 heavy (non-hydrogen) atoms. The van der Waals surface area contributed by atoms with Crippen molar-refractivity contribution in [3.05, 3.63) is 24.3 Å². The summed E-state index contributed by atoms with van der Waals surface area (Å²) in [5, 5.41) is 7.88. The molecule has 0 saturated heterocycles. The predicted octanol–water partition coefficient (Wildman–Crippen LogP) is -0.705. The number of hydrogen-bond donors (Lipinski definition) is 3. The molecular formula is C9H15N3O4S2. The van der Waals surface area contributed by atoms with Crippen molar-refractivity contribution in [2.75, 3.05) is 24.7 Å². The Labute approximate surface area is 106 Å².